The molecule has 0 amide bonds. The minimum absolute atomic E-state index is 0.927. The van der Waals surface area contributed by atoms with Crippen LogP contribution < -0.4 is 0 Å². The standard InChI is InChI=1S/C17H17NS2/c1-4-7-15-16(6-3)20-17(18-15)19-12-14-10-8-13(5-2)9-11-14/h4-11H,2-3,12H2,1H3/b7-4-. The van der Waals surface area contributed by atoms with Crippen LogP contribution in [0.1, 0.15) is 28.6 Å². The van der Waals surface area contributed by atoms with E-state index in [-0.39, 0.29) is 0 Å². The highest BCUT2D eigenvalue weighted by Gasteiger charge is 2.07. The Kier molecular flexibility index (Phi) is 5.39. The highest BCUT2D eigenvalue weighted by atomic mass is 32.2. The molecule has 0 N–H and O–H groups in total. The van der Waals surface area contributed by atoms with Gasteiger partial charge in [-0.2, -0.15) is 0 Å². The van der Waals surface area contributed by atoms with E-state index >= 15 is 0 Å². The van der Waals surface area contributed by atoms with Gasteiger partial charge in [0.1, 0.15) is 0 Å². The Morgan fingerprint density at radius 3 is 2.55 bits per heavy atom. The van der Waals surface area contributed by atoms with E-state index in [2.05, 4.69) is 42.4 Å². The molecule has 1 heterocycles. The van der Waals surface area contributed by atoms with Gasteiger partial charge in [0.2, 0.25) is 0 Å². The highest BCUT2D eigenvalue weighted by molar-refractivity contribution is 8.00. The molecule has 0 bridgehead atoms. The molecule has 102 valence electrons. The van der Waals surface area contributed by atoms with Crippen molar-refractivity contribution in [2.45, 2.75) is 17.0 Å². The summed E-state index contributed by atoms with van der Waals surface area (Å²) in [6.07, 6.45) is 7.76. The predicted molar refractivity (Wildman–Crippen MR) is 93.0 cm³/mol. The molecule has 0 fully saturated rings. The number of aromatic nitrogens is 1. The molecule has 3 heteroatoms. The summed E-state index contributed by atoms with van der Waals surface area (Å²) in [6, 6.07) is 8.45. The fourth-order valence-electron chi connectivity index (χ4n) is 1.70. The molecule has 0 aliphatic carbocycles. The van der Waals surface area contributed by atoms with Crippen molar-refractivity contribution in [1.82, 2.24) is 4.98 Å². The molecule has 20 heavy (non-hydrogen) atoms. The summed E-state index contributed by atoms with van der Waals surface area (Å²) in [5, 5.41) is 0. The fourth-order valence-corrected chi connectivity index (χ4v) is 3.66. The third-order valence-electron chi connectivity index (χ3n) is 2.75. The van der Waals surface area contributed by atoms with Gasteiger partial charge in [0.25, 0.3) is 0 Å². The van der Waals surface area contributed by atoms with E-state index in [1.165, 1.54) is 5.56 Å². The van der Waals surface area contributed by atoms with E-state index < -0.39 is 0 Å². The van der Waals surface area contributed by atoms with Gasteiger partial charge in [0.15, 0.2) is 4.34 Å². The van der Waals surface area contributed by atoms with Crippen LogP contribution in [0.25, 0.3) is 18.2 Å². The smallest absolute Gasteiger partial charge is 0.151 e. The lowest BCUT2D eigenvalue weighted by Crippen LogP contribution is -1.81. The maximum Gasteiger partial charge on any atom is 0.151 e. The molecule has 0 spiro atoms. The minimum Gasteiger partial charge on any atom is -0.230 e. The van der Waals surface area contributed by atoms with Crippen molar-refractivity contribution < 1.29 is 0 Å². The van der Waals surface area contributed by atoms with E-state index in [0.717, 1.165) is 26.2 Å². The second-order valence-electron chi connectivity index (χ2n) is 4.17. The molecule has 0 aliphatic heterocycles. The number of hydrogen-bond donors (Lipinski definition) is 0. The highest BCUT2D eigenvalue weighted by Crippen LogP contribution is 2.31. The van der Waals surface area contributed by atoms with E-state index in [9.17, 15) is 0 Å². The van der Waals surface area contributed by atoms with Crippen molar-refractivity contribution in [2.24, 2.45) is 0 Å². The van der Waals surface area contributed by atoms with Gasteiger partial charge in [-0.3, -0.25) is 0 Å². The van der Waals surface area contributed by atoms with Gasteiger partial charge in [-0.05, 0) is 30.2 Å². The van der Waals surface area contributed by atoms with Crippen molar-refractivity contribution >= 4 is 41.3 Å². The molecule has 2 aromatic rings. The molecule has 0 saturated carbocycles. The van der Waals surface area contributed by atoms with Gasteiger partial charge in [0, 0.05) is 5.75 Å². The van der Waals surface area contributed by atoms with E-state index in [4.69, 9.17) is 0 Å². The average Bonchev–Trinajstić information content (AvgIpc) is 2.88. The number of rotatable bonds is 6. The number of hydrogen-bond acceptors (Lipinski definition) is 3. The Balaban J connectivity index is 2.06. The SMILES string of the molecule is C=Cc1ccc(CSc2nc(/C=C\C)c(C=C)s2)cc1. The van der Waals surface area contributed by atoms with Crippen LogP contribution >= 0.6 is 23.1 Å². The summed E-state index contributed by atoms with van der Waals surface area (Å²) in [7, 11) is 0. The molecule has 0 saturated heterocycles. The Morgan fingerprint density at radius 1 is 1.20 bits per heavy atom. The lowest BCUT2D eigenvalue weighted by molar-refractivity contribution is 1.22. The van der Waals surface area contributed by atoms with Gasteiger partial charge >= 0.3 is 0 Å². The summed E-state index contributed by atoms with van der Waals surface area (Å²) >= 11 is 3.46. The molecule has 1 nitrogen and oxygen atoms in total. The van der Waals surface area contributed by atoms with Crippen molar-refractivity contribution in [3.63, 3.8) is 0 Å². The largest absolute Gasteiger partial charge is 0.230 e. The summed E-state index contributed by atoms with van der Waals surface area (Å²) in [5.41, 5.74) is 3.46. The molecule has 0 aliphatic rings. The topological polar surface area (TPSA) is 12.9 Å². The lowest BCUT2D eigenvalue weighted by Gasteiger charge is -1.99. The van der Waals surface area contributed by atoms with Crippen LogP contribution in [0.2, 0.25) is 0 Å². The first-order chi connectivity index (χ1) is 9.76. The number of thioether (sulfide) groups is 1. The van der Waals surface area contributed by atoms with Gasteiger partial charge in [-0.15, -0.1) is 11.3 Å². The lowest BCUT2D eigenvalue weighted by atomic mass is 10.1. The monoisotopic (exact) mass is 299 g/mol. The predicted octanol–water partition coefficient (Wildman–Crippen LogP) is 5.75. The van der Waals surface area contributed by atoms with Crippen LogP contribution in [0.3, 0.4) is 0 Å². The quantitative estimate of drug-likeness (QED) is 0.629. The van der Waals surface area contributed by atoms with Crippen LogP contribution in [0.4, 0.5) is 0 Å². The van der Waals surface area contributed by atoms with Crippen molar-refractivity contribution in [2.75, 3.05) is 0 Å². The van der Waals surface area contributed by atoms with Gasteiger partial charge < -0.3 is 0 Å². The maximum atomic E-state index is 4.63. The zero-order valence-electron chi connectivity index (χ0n) is 11.5. The molecule has 1 aromatic carbocycles. The van der Waals surface area contributed by atoms with Crippen LogP contribution in [0, 0.1) is 0 Å². The van der Waals surface area contributed by atoms with Crippen LogP contribution in [-0.2, 0) is 5.75 Å². The van der Waals surface area contributed by atoms with E-state index in [1.807, 2.05) is 31.2 Å². The Hall–Kier alpha value is -1.58. The molecular formula is C17H17NS2. The summed E-state index contributed by atoms with van der Waals surface area (Å²) in [6.45, 7) is 9.61. The first-order valence-corrected chi connectivity index (χ1v) is 8.17. The zero-order valence-corrected chi connectivity index (χ0v) is 13.1. The number of nitrogens with zero attached hydrogens (tertiary/aromatic N) is 1. The Bertz CT molecular complexity index is 621. The van der Waals surface area contributed by atoms with Crippen LogP contribution in [0.5, 0.6) is 0 Å². The normalized spacial score (nSPS) is 10.8. The Morgan fingerprint density at radius 2 is 1.95 bits per heavy atom. The molecule has 1 aromatic heterocycles. The summed E-state index contributed by atoms with van der Waals surface area (Å²) < 4.78 is 1.08. The molecular weight excluding hydrogens is 282 g/mol. The van der Waals surface area contributed by atoms with Gasteiger partial charge in [-0.25, -0.2) is 4.98 Å². The first-order valence-electron chi connectivity index (χ1n) is 6.37. The van der Waals surface area contributed by atoms with Gasteiger partial charge in [-0.1, -0.05) is 61.3 Å². The average molecular weight is 299 g/mol. The van der Waals surface area contributed by atoms with Crippen molar-refractivity contribution in [3.8, 4) is 0 Å². The first kappa shape index (κ1) is 14.8. The van der Waals surface area contributed by atoms with E-state index in [0.29, 0.717) is 0 Å². The third-order valence-corrected chi connectivity index (χ3v) is 5.03. The van der Waals surface area contributed by atoms with Crippen molar-refractivity contribution in [3.05, 3.63) is 65.2 Å². The summed E-state index contributed by atoms with van der Waals surface area (Å²) in [4.78, 5) is 5.76. The second kappa shape index (κ2) is 7.27. The van der Waals surface area contributed by atoms with Crippen molar-refractivity contribution in [1.29, 1.82) is 0 Å². The second-order valence-corrected chi connectivity index (χ2v) is 6.42. The molecule has 0 unspecified atom stereocenters. The Labute approximate surface area is 128 Å². The molecule has 2 rings (SSSR count). The molecule has 0 radical (unpaired) electrons. The minimum atomic E-state index is 0.927. The maximum absolute atomic E-state index is 4.63. The molecule has 0 atom stereocenters. The zero-order chi connectivity index (χ0) is 14.4. The number of allylic oxidation sites excluding steroid dienone is 1. The fraction of sp³-hybridized carbons (Fsp3) is 0.118. The number of benzene rings is 1. The third kappa shape index (κ3) is 3.71. The number of thiazole rings is 1. The summed E-state index contributed by atoms with van der Waals surface area (Å²) in [5.74, 6) is 0.927. The van der Waals surface area contributed by atoms with Crippen LogP contribution in [-0.4, -0.2) is 4.98 Å². The van der Waals surface area contributed by atoms with Gasteiger partial charge in [0.05, 0.1) is 10.6 Å². The van der Waals surface area contributed by atoms with E-state index in [1.54, 1.807) is 23.1 Å². The van der Waals surface area contributed by atoms with Crippen LogP contribution in [0.15, 0.2) is 47.8 Å².